The molecular weight excluding hydrogens is 386 g/mol. The van der Waals surface area contributed by atoms with Crippen molar-refractivity contribution >= 4 is 18.1 Å². The summed E-state index contributed by atoms with van der Waals surface area (Å²) in [5.74, 6) is 0.195. The molecule has 5 nitrogen and oxygen atoms in total. The van der Waals surface area contributed by atoms with Crippen molar-refractivity contribution in [3.63, 3.8) is 0 Å². The molecule has 0 aliphatic heterocycles. The lowest BCUT2D eigenvalue weighted by molar-refractivity contribution is -0.120. The molecule has 0 fully saturated rings. The molecule has 1 heterocycles. The number of carbonyl (C=O) groups excluding carboxylic acids is 1. The molecule has 0 saturated carbocycles. The molecule has 1 aromatic heterocycles. The van der Waals surface area contributed by atoms with Gasteiger partial charge in [-0.15, -0.1) is 0 Å². The maximum Gasteiger partial charge on any atom is 0.226 e. The third-order valence-electron chi connectivity index (χ3n) is 5.00. The lowest BCUT2D eigenvalue weighted by Gasteiger charge is -2.13. The summed E-state index contributed by atoms with van der Waals surface area (Å²) in [5, 5.41) is 12.5. The van der Waals surface area contributed by atoms with Crippen LogP contribution in [-0.2, 0) is 17.8 Å². The number of H-pyrrole nitrogens is 1. The van der Waals surface area contributed by atoms with Crippen LogP contribution < -0.4 is 5.32 Å². The molecule has 1 amide bonds. The van der Waals surface area contributed by atoms with Crippen LogP contribution >= 0.6 is 0 Å². The third kappa shape index (κ3) is 5.28. The highest BCUT2D eigenvalue weighted by atomic mass is 16.3. The quantitative estimate of drug-likeness (QED) is 0.383. The number of hydrogen-bond acceptors (Lipinski definition) is 3. The molecule has 0 radical (unpaired) electrons. The van der Waals surface area contributed by atoms with Gasteiger partial charge in [-0.2, -0.15) is 0 Å². The van der Waals surface area contributed by atoms with E-state index in [4.69, 9.17) is 0 Å². The zero-order valence-electron chi connectivity index (χ0n) is 17.0. The lowest BCUT2D eigenvalue weighted by atomic mass is 9.94. The van der Waals surface area contributed by atoms with Crippen molar-refractivity contribution < 1.29 is 9.90 Å². The average molecular weight is 409 g/mol. The summed E-state index contributed by atoms with van der Waals surface area (Å²) in [6, 6.07) is 23.4. The molecule has 4 rings (SSSR count). The summed E-state index contributed by atoms with van der Waals surface area (Å²) in [6.45, 7) is 0.444. The van der Waals surface area contributed by atoms with Crippen LogP contribution in [0.3, 0.4) is 0 Å². The van der Waals surface area contributed by atoms with Crippen molar-refractivity contribution in [1.82, 2.24) is 15.3 Å². The zero-order valence-corrected chi connectivity index (χ0v) is 17.0. The number of nitrogens with one attached hydrogen (secondary N) is 2. The van der Waals surface area contributed by atoms with E-state index in [0.29, 0.717) is 6.54 Å². The van der Waals surface area contributed by atoms with Crippen molar-refractivity contribution in [3.05, 3.63) is 108 Å². The number of imidazole rings is 1. The number of rotatable bonds is 7. The van der Waals surface area contributed by atoms with E-state index in [1.807, 2.05) is 48.5 Å². The Morgan fingerprint density at radius 1 is 0.935 bits per heavy atom. The van der Waals surface area contributed by atoms with Gasteiger partial charge in [0.25, 0.3) is 0 Å². The van der Waals surface area contributed by atoms with Crippen LogP contribution in [0.5, 0.6) is 5.75 Å². The van der Waals surface area contributed by atoms with Crippen molar-refractivity contribution in [1.29, 1.82) is 0 Å². The Morgan fingerprint density at radius 2 is 1.68 bits per heavy atom. The number of aromatic nitrogens is 2. The van der Waals surface area contributed by atoms with Crippen molar-refractivity contribution in [3.8, 4) is 16.9 Å². The van der Waals surface area contributed by atoms with E-state index >= 15 is 0 Å². The SMILES string of the molecule is O=C(Cc1cnc[nH]1)NCc1ccccc1-c1ccccc1/C=C/c1ccc(O)cc1. The van der Waals surface area contributed by atoms with Gasteiger partial charge in [-0.05, 0) is 39.9 Å². The van der Waals surface area contributed by atoms with Crippen molar-refractivity contribution in [2.45, 2.75) is 13.0 Å². The zero-order chi connectivity index (χ0) is 21.5. The number of phenolic OH excluding ortho intramolecular Hbond substituents is 1. The third-order valence-corrected chi connectivity index (χ3v) is 5.00. The van der Waals surface area contributed by atoms with Gasteiger partial charge in [0.1, 0.15) is 5.75 Å². The largest absolute Gasteiger partial charge is 0.508 e. The van der Waals surface area contributed by atoms with Crippen LogP contribution in [0, 0.1) is 0 Å². The number of aromatic hydroxyl groups is 1. The fraction of sp³-hybridized carbons (Fsp3) is 0.0769. The summed E-state index contributed by atoms with van der Waals surface area (Å²) in [4.78, 5) is 19.2. The van der Waals surface area contributed by atoms with Gasteiger partial charge in [-0.1, -0.05) is 72.8 Å². The molecule has 0 aliphatic rings. The Labute approximate surface area is 181 Å². The predicted molar refractivity (Wildman–Crippen MR) is 123 cm³/mol. The normalized spacial score (nSPS) is 11.0. The molecular formula is C26H23N3O2. The maximum atomic E-state index is 12.3. The molecule has 5 heteroatoms. The Morgan fingerprint density at radius 3 is 2.45 bits per heavy atom. The summed E-state index contributed by atoms with van der Waals surface area (Å²) in [5.41, 5.74) is 6.09. The number of nitrogens with zero attached hydrogens (tertiary/aromatic N) is 1. The number of hydrogen-bond donors (Lipinski definition) is 3. The number of amides is 1. The van der Waals surface area contributed by atoms with Gasteiger partial charge in [-0.25, -0.2) is 4.98 Å². The first-order valence-electron chi connectivity index (χ1n) is 10.1. The second kappa shape index (κ2) is 9.59. The average Bonchev–Trinajstić information content (AvgIpc) is 3.31. The van der Waals surface area contributed by atoms with E-state index in [2.05, 4.69) is 39.6 Å². The number of phenols is 1. The molecule has 0 aliphatic carbocycles. The topological polar surface area (TPSA) is 78.0 Å². The Bertz CT molecular complexity index is 1180. The molecule has 0 unspecified atom stereocenters. The van der Waals surface area contributed by atoms with E-state index in [1.54, 1.807) is 24.7 Å². The van der Waals surface area contributed by atoms with Gasteiger partial charge in [0.15, 0.2) is 0 Å². The molecule has 0 saturated heterocycles. The summed E-state index contributed by atoms with van der Waals surface area (Å²) in [7, 11) is 0. The van der Waals surface area contributed by atoms with E-state index in [-0.39, 0.29) is 18.1 Å². The van der Waals surface area contributed by atoms with Gasteiger partial charge in [0, 0.05) is 18.4 Å². The van der Waals surface area contributed by atoms with E-state index in [9.17, 15) is 9.90 Å². The minimum absolute atomic E-state index is 0.0560. The minimum Gasteiger partial charge on any atom is -0.508 e. The summed E-state index contributed by atoms with van der Waals surface area (Å²) >= 11 is 0. The highest BCUT2D eigenvalue weighted by Gasteiger charge is 2.10. The van der Waals surface area contributed by atoms with Gasteiger partial charge < -0.3 is 15.4 Å². The van der Waals surface area contributed by atoms with E-state index in [0.717, 1.165) is 33.5 Å². The Balaban J connectivity index is 1.54. The van der Waals surface area contributed by atoms with Crippen LogP contribution in [0.25, 0.3) is 23.3 Å². The predicted octanol–water partition coefficient (Wildman–Crippen LogP) is 4.81. The first-order chi connectivity index (χ1) is 15.2. The number of benzene rings is 3. The molecule has 154 valence electrons. The van der Waals surface area contributed by atoms with Gasteiger partial charge >= 0.3 is 0 Å². The van der Waals surface area contributed by atoms with Crippen LogP contribution in [0.15, 0.2) is 85.3 Å². The molecule has 3 aromatic carbocycles. The molecule has 0 atom stereocenters. The molecule has 31 heavy (non-hydrogen) atoms. The molecule has 0 spiro atoms. The lowest BCUT2D eigenvalue weighted by Crippen LogP contribution is -2.25. The number of carbonyl (C=O) groups is 1. The monoisotopic (exact) mass is 409 g/mol. The summed E-state index contributed by atoms with van der Waals surface area (Å²) < 4.78 is 0. The molecule has 4 aromatic rings. The maximum absolute atomic E-state index is 12.3. The minimum atomic E-state index is -0.0560. The Kier molecular flexibility index (Phi) is 6.24. The second-order valence-electron chi connectivity index (χ2n) is 7.20. The second-order valence-corrected chi connectivity index (χ2v) is 7.20. The fourth-order valence-electron chi connectivity index (χ4n) is 3.41. The first kappa shape index (κ1) is 20.2. The van der Waals surface area contributed by atoms with Crippen LogP contribution in [0.1, 0.15) is 22.4 Å². The van der Waals surface area contributed by atoms with Crippen LogP contribution in [0.4, 0.5) is 0 Å². The van der Waals surface area contributed by atoms with Gasteiger partial charge in [-0.3, -0.25) is 4.79 Å². The van der Waals surface area contributed by atoms with E-state index in [1.165, 1.54) is 0 Å². The van der Waals surface area contributed by atoms with Gasteiger partial charge in [0.2, 0.25) is 5.91 Å². The molecule has 0 bridgehead atoms. The van der Waals surface area contributed by atoms with Crippen LogP contribution in [-0.4, -0.2) is 21.0 Å². The molecule has 3 N–H and O–H groups in total. The van der Waals surface area contributed by atoms with E-state index < -0.39 is 0 Å². The Hall–Kier alpha value is -4.12. The van der Waals surface area contributed by atoms with Gasteiger partial charge in [0.05, 0.1) is 12.7 Å². The van der Waals surface area contributed by atoms with Crippen molar-refractivity contribution in [2.75, 3.05) is 0 Å². The van der Waals surface area contributed by atoms with Crippen LogP contribution in [0.2, 0.25) is 0 Å². The first-order valence-corrected chi connectivity index (χ1v) is 10.1. The fourth-order valence-corrected chi connectivity index (χ4v) is 3.41. The number of aromatic amines is 1. The standard InChI is InChI=1S/C26H23N3O2/c30-23-13-10-19(11-14-23)9-12-20-5-1-3-7-24(20)25-8-4-2-6-21(25)16-28-26(31)15-22-17-27-18-29-22/h1-14,17-18,30H,15-16H2,(H,27,29)(H,28,31)/b12-9+. The smallest absolute Gasteiger partial charge is 0.226 e. The highest BCUT2D eigenvalue weighted by Crippen LogP contribution is 2.28. The van der Waals surface area contributed by atoms with Crippen molar-refractivity contribution in [2.24, 2.45) is 0 Å². The highest BCUT2D eigenvalue weighted by molar-refractivity contribution is 5.83. The summed E-state index contributed by atoms with van der Waals surface area (Å²) in [6.07, 6.45) is 7.58.